The SMILES string of the molecule is Cc1oc(-n2cccc2)c(C#N)c1C(=O)OCC(=O)NC(c1ccccc1)c1cccs1. The largest absolute Gasteiger partial charge is 0.452 e. The van der Waals surface area contributed by atoms with Gasteiger partial charge in [0.1, 0.15) is 23.0 Å². The smallest absolute Gasteiger partial charge is 0.343 e. The zero-order valence-corrected chi connectivity index (χ0v) is 18.0. The molecule has 0 bridgehead atoms. The van der Waals surface area contributed by atoms with Crippen molar-refractivity contribution in [2.75, 3.05) is 6.61 Å². The van der Waals surface area contributed by atoms with Crippen molar-refractivity contribution in [1.29, 1.82) is 5.26 Å². The van der Waals surface area contributed by atoms with Crippen molar-refractivity contribution in [2.45, 2.75) is 13.0 Å². The maximum absolute atomic E-state index is 12.7. The van der Waals surface area contributed by atoms with E-state index in [0.29, 0.717) is 0 Å². The number of carbonyl (C=O) groups excluding carboxylic acids is 2. The molecule has 1 atom stereocenters. The van der Waals surface area contributed by atoms with Gasteiger partial charge in [-0.15, -0.1) is 11.3 Å². The molecular weight excluding hydrogens is 426 g/mol. The van der Waals surface area contributed by atoms with E-state index in [9.17, 15) is 14.9 Å². The minimum Gasteiger partial charge on any atom is -0.452 e. The highest BCUT2D eigenvalue weighted by Crippen LogP contribution is 2.27. The predicted octanol–water partition coefficient (Wildman–Crippen LogP) is 4.37. The number of thiophene rings is 1. The Morgan fingerprint density at radius 2 is 1.91 bits per heavy atom. The molecule has 0 saturated carbocycles. The quantitative estimate of drug-likeness (QED) is 0.426. The van der Waals surface area contributed by atoms with Crippen LogP contribution in [0.3, 0.4) is 0 Å². The number of benzene rings is 1. The Hall–Kier alpha value is -4.09. The molecule has 0 aliphatic heterocycles. The van der Waals surface area contributed by atoms with Crippen LogP contribution in [-0.2, 0) is 9.53 Å². The lowest BCUT2D eigenvalue weighted by atomic mass is 10.1. The van der Waals surface area contributed by atoms with E-state index in [1.807, 2.05) is 53.9 Å². The molecule has 3 heterocycles. The van der Waals surface area contributed by atoms with Gasteiger partial charge in [-0.05, 0) is 36.1 Å². The number of furan rings is 1. The number of hydrogen-bond acceptors (Lipinski definition) is 6. The summed E-state index contributed by atoms with van der Waals surface area (Å²) in [7, 11) is 0. The first-order chi connectivity index (χ1) is 15.6. The first-order valence-corrected chi connectivity index (χ1v) is 10.7. The van der Waals surface area contributed by atoms with Crippen molar-refractivity contribution in [3.8, 4) is 12.0 Å². The first-order valence-electron chi connectivity index (χ1n) is 9.80. The van der Waals surface area contributed by atoms with Crippen molar-refractivity contribution in [3.63, 3.8) is 0 Å². The summed E-state index contributed by atoms with van der Waals surface area (Å²) >= 11 is 1.52. The summed E-state index contributed by atoms with van der Waals surface area (Å²) in [6, 6.07) is 18.6. The van der Waals surface area contributed by atoms with Gasteiger partial charge in [0, 0.05) is 17.3 Å². The molecule has 7 nitrogen and oxygen atoms in total. The Morgan fingerprint density at radius 1 is 1.16 bits per heavy atom. The molecule has 0 radical (unpaired) electrons. The van der Waals surface area contributed by atoms with Gasteiger partial charge >= 0.3 is 5.97 Å². The molecule has 0 spiro atoms. The molecule has 32 heavy (non-hydrogen) atoms. The Balaban J connectivity index is 1.47. The highest BCUT2D eigenvalue weighted by Gasteiger charge is 2.26. The highest BCUT2D eigenvalue weighted by molar-refractivity contribution is 7.10. The molecule has 4 aromatic rings. The lowest BCUT2D eigenvalue weighted by molar-refractivity contribution is -0.124. The summed E-state index contributed by atoms with van der Waals surface area (Å²) in [6.07, 6.45) is 3.41. The van der Waals surface area contributed by atoms with Crippen LogP contribution in [0.2, 0.25) is 0 Å². The molecule has 1 unspecified atom stereocenters. The fourth-order valence-electron chi connectivity index (χ4n) is 3.36. The van der Waals surface area contributed by atoms with Crippen molar-refractivity contribution in [3.05, 3.63) is 99.7 Å². The van der Waals surface area contributed by atoms with E-state index >= 15 is 0 Å². The number of amides is 1. The van der Waals surface area contributed by atoms with Crippen LogP contribution >= 0.6 is 11.3 Å². The number of esters is 1. The van der Waals surface area contributed by atoms with Crippen molar-refractivity contribution in [2.24, 2.45) is 0 Å². The molecule has 0 fully saturated rings. The maximum atomic E-state index is 12.7. The van der Waals surface area contributed by atoms with E-state index in [4.69, 9.17) is 9.15 Å². The molecule has 0 saturated heterocycles. The fraction of sp³-hybridized carbons (Fsp3) is 0.125. The lowest BCUT2D eigenvalue weighted by Crippen LogP contribution is -2.32. The van der Waals surface area contributed by atoms with Gasteiger partial charge < -0.3 is 14.5 Å². The van der Waals surface area contributed by atoms with Gasteiger partial charge in [-0.25, -0.2) is 4.79 Å². The standard InChI is InChI=1S/C24H19N3O4S/c1-16-21(18(14-25)23(31-16)27-11-5-6-12-27)24(29)30-15-20(28)26-22(19-10-7-13-32-19)17-8-3-2-4-9-17/h2-13,22H,15H2,1H3,(H,26,28). The monoisotopic (exact) mass is 445 g/mol. The van der Waals surface area contributed by atoms with Crippen LogP contribution in [-0.4, -0.2) is 23.1 Å². The van der Waals surface area contributed by atoms with Gasteiger partial charge in [0.25, 0.3) is 5.91 Å². The van der Waals surface area contributed by atoms with E-state index in [0.717, 1.165) is 10.4 Å². The minimum atomic E-state index is -0.788. The molecule has 0 aliphatic rings. The third-order valence-electron chi connectivity index (χ3n) is 4.82. The van der Waals surface area contributed by atoms with Crippen LogP contribution < -0.4 is 5.32 Å². The average Bonchev–Trinajstić information content (AvgIpc) is 3.57. The first kappa shape index (κ1) is 21.2. The van der Waals surface area contributed by atoms with Crippen LogP contribution in [0, 0.1) is 18.3 Å². The molecule has 1 aromatic carbocycles. The van der Waals surface area contributed by atoms with Crippen molar-refractivity contribution < 1.29 is 18.7 Å². The van der Waals surface area contributed by atoms with E-state index in [2.05, 4.69) is 5.32 Å². The second-order valence-corrected chi connectivity index (χ2v) is 7.90. The number of nitrogens with one attached hydrogen (secondary N) is 1. The number of hydrogen-bond donors (Lipinski definition) is 1. The number of ether oxygens (including phenoxy) is 1. The Morgan fingerprint density at radius 3 is 2.56 bits per heavy atom. The van der Waals surface area contributed by atoms with Crippen LogP contribution in [0.1, 0.15) is 38.2 Å². The number of aryl methyl sites for hydroxylation is 1. The number of rotatable bonds is 7. The zero-order chi connectivity index (χ0) is 22.5. The summed E-state index contributed by atoms with van der Waals surface area (Å²) in [6.45, 7) is 1.09. The molecule has 1 N–H and O–H groups in total. The molecule has 160 valence electrons. The summed E-state index contributed by atoms with van der Waals surface area (Å²) in [4.78, 5) is 26.3. The molecule has 8 heteroatoms. The van der Waals surface area contributed by atoms with Gasteiger partial charge in [-0.1, -0.05) is 36.4 Å². The van der Waals surface area contributed by atoms with E-state index in [1.54, 1.807) is 36.0 Å². The van der Waals surface area contributed by atoms with Gasteiger partial charge in [0.2, 0.25) is 5.88 Å². The Labute approximate surface area is 188 Å². The number of aromatic nitrogens is 1. The minimum absolute atomic E-state index is 0.0156. The summed E-state index contributed by atoms with van der Waals surface area (Å²) < 4.78 is 12.4. The second kappa shape index (κ2) is 9.37. The summed E-state index contributed by atoms with van der Waals surface area (Å²) in [5, 5.41) is 14.4. The molecule has 3 aromatic heterocycles. The van der Waals surface area contributed by atoms with Gasteiger partial charge in [0.05, 0.1) is 6.04 Å². The molecule has 0 aliphatic carbocycles. The van der Waals surface area contributed by atoms with Crippen LogP contribution in [0.25, 0.3) is 5.88 Å². The van der Waals surface area contributed by atoms with E-state index < -0.39 is 18.5 Å². The number of carbonyl (C=O) groups is 2. The van der Waals surface area contributed by atoms with Crippen molar-refractivity contribution >= 4 is 23.2 Å². The number of nitrogens with zero attached hydrogens (tertiary/aromatic N) is 2. The third kappa shape index (κ3) is 4.33. The second-order valence-electron chi connectivity index (χ2n) is 6.92. The van der Waals surface area contributed by atoms with Crippen LogP contribution in [0.15, 0.2) is 76.8 Å². The normalized spacial score (nSPS) is 11.5. The lowest BCUT2D eigenvalue weighted by Gasteiger charge is -2.18. The Kier molecular flexibility index (Phi) is 6.19. The topological polar surface area (TPSA) is 97.3 Å². The Bertz CT molecular complexity index is 1250. The molecular formula is C24H19N3O4S. The fourth-order valence-corrected chi connectivity index (χ4v) is 4.16. The number of nitriles is 1. The zero-order valence-electron chi connectivity index (χ0n) is 17.1. The highest BCUT2D eigenvalue weighted by atomic mass is 32.1. The summed E-state index contributed by atoms with van der Waals surface area (Å²) in [5.41, 5.74) is 0.996. The van der Waals surface area contributed by atoms with Crippen LogP contribution in [0.4, 0.5) is 0 Å². The van der Waals surface area contributed by atoms with Crippen LogP contribution in [0.5, 0.6) is 0 Å². The van der Waals surface area contributed by atoms with E-state index in [1.165, 1.54) is 11.3 Å². The molecule has 4 rings (SSSR count). The van der Waals surface area contributed by atoms with Crippen molar-refractivity contribution in [1.82, 2.24) is 9.88 Å². The third-order valence-corrected chi connectivity index (χ3v) is 5.76. The van der Waals surface area contributed by atoms with Gasteiger partial charge in [-0.3, -0.25) is 9.36 Å². The van der Waals surface area contributed by atoms with Gasteiger partial charge in [0.15, 0.2) is 6.61 Å². The average molecular weight is 446 g/mol. The predicted molar refractivity (Wildman–Crippen MR) is 119 cm³/mol. The van der Waals surface area contributed by atoms with E-state index in [-0.39, 0.29) is 28.8 Å². The van der Waals surface area contributed by atoms with Gasteiger partial charge in [-0.2, -0.15) is 5.26 Å². The summed E-state index contributed by atoms with van der Waals surface area (Å²) in [5.74, 6) is -0.765. The maximum Gasteiger partial charge on any atom is 0.343 e. The molecule has 1 amide bonds.